The highest BCUT2D eigenvalue weighted by Crippen LogP contribution is 2.16. The smallest absolute Gasteiger partial charge is 0.257 e. The number of carbonyl (C=O) groups excluding carboxylic acids is 1. The van der Waals surface area contributed by atoms with Gasteiger partial charge >= 0.3 is 0 Å². The fourth-order valence-electron chi connectivity index (χ4n) is 2.19. The van der Waals surface area contributed by atoms with Crippen LogP contribution in [-0.4, -0.2) is 24.2 Å². The van der Waals surface area contributed by atoms with Crippen molar-refractivity contribution >= 4 is 5.91 Å². The molecule has 5 heteroatoms. The number of hydrogen-bond acceptors (Lipinski definition) is 2. The molecular formula is C15H21F2NO2. The maximum atomic E-state index is 13.4. The van der Waals surface area contributed by atoms with Gasteiger partial charge in [-0.1, -0.05) is 19.9 Å². The van der Waals surface area contributed by atoms with Gasteiger partial charge < -0.3 is 10.4 Å². The van der Waals surface area contributed by atoms with Gasteiger partial charge in [-0.3, -0.25) is 4.79 Å². The molecule has 1 atom stereocenters. The van der Waals surface area contributed by atoms with Crippen molar-refractivity contribution in [3.05, 3.63) is 35.4 Å². The third kappa shape index (κ3) is 4.89. The summed E-state index contributed by atoms with van der Waals surface area (Å²) in [6.45, 7) is 4.41. The number of hydrogen-bond donors (Lipinski definition) is 2. The lowest BCUT2D eigenvalue weighted by molar-refractivity contribution is 0.0933. The molecule has 0 saturated carbocycles. The molecule has 1 aromatic carbocycles. The Hall–Kier alpha value is -1.49. The number of benzene rings is 1. The van der Waals surface area contributed by atoms with E-state index < -0.39 is 23.1 Å². The summed E-state index contributed by atoms with van der Waals surface area (Å²) in [6, 6.07) is 3.32. The standard InChI is InChI=1S/C15H21F2NO2/c1-10(2)8-11(6-7-19)9-18-15(20)14-12(16)4-3-5-13(14)17/h3-5,10-11,19H,6-9H2,1-2H3,(H,18,20). The third-order valence-electron chi connectivity index (χ3n) is 3.08. The monoisotopic (exact) mass is 285 g/mol. The third-order valence-corrected chi connectivity index (χ3v) is 3.08. The maximum absolute atomic E-state index is 13.4. The van der Waals surface area contributed by atoms with Gasteiger partial charge in [0, 0.05) is 13.2 Å². The van der Waals surface area contributed by atoms with Crippen LogP contribution in [0.5, 0.6) is 0 Å². The second-order valence-electron chi connectivity index (χ2n) is 5.31. The van der Waals surface area contributed by atoms with Gasteiger partial charge in [0.2, 0.25) is 0 Å². The zero-order valence-corrected chi connectivity index (χ0v) is 11.8. The van der Waals surface area contributed by atoms with Gasteiger partial charge in [0.05, 0.1) is 0 Å². The SMILES string of the molecule is CC(C)CC(CCO)CNC(=O)c1c(F)cccc1F. The predicted octanol–water partition coefficient (Wildman–Crippen LogP) is 2.74. The quantitative estimate of drug-likeness (QED) is 0.809. The largest absolute Gasteiger partial charge is 0.396 e. The first kappa shape index (κ1) is 16.6. The summed E-state index contributed by atoms with van der Waals surface area (Å²) >= 11 is 0. The molecule has 0 radical (unpaired) electrons. The van der Waals surface area contributed by atoms with Gasteiger partial charge in [-0.25, -0.2) is 8.78 Å². The van der Waals surface area contributed by atoms with E-state index in [0.29, 0.717) is 18.9 Å². The fourth-order valence-corrected chi connectivity index (χ4v) is 2.19. The average molecular weight is 285 g/mol. The molecule has 0 bridgehead atoms. The van der Waals surface area contributed by atoms with E-state index >= 15 is 0 Å². The van der Waals surface area contributed by atoms with E-state index in [-0.39, 0.29) is 12.5 Å². The summed E-state index contributed by atoms with van der Waals surface area (Å²) in [5.74, 6) is -1.98. The molecule has 0 saturated heterocycles. The highest BCUT2D eigenvalue weighted by Gasteiger charge is 2.18. The van der Waals surface area contributed by atoms with Gasteiger partial charge in [0.1, 0.15) is 17.2 Å². The normalized spacial score (nSPS) is 12.5. The molecule has 1 rings (SSSR count). The van der Waals surface area contributed by atoms with E-state index in [9.17, 15) is 13.6 Å². The average Bonchev–Trinajstić information content (AvgIpc) is 2.35. The molecule has 0 aliphatic rings. The number of carbonyl (C=O) groups is 1. The summed E-state index contributed by atoms with van der Waals surface area (Å²) < 4.78 is 26.9. The molecular weight excluding hydrogens is 264 g/mol. The van der Waals surface area contributed by atoms with E-state index in [1.807, 2.05) is 13.8 Å². The lowest BCUT2D eigenvalue weighted by Crippen LogP contribution is -2.31. The summed E-state index contributed by atoms with van der Waals surface area (Å²) in [7, 11) is 0. The minimum absolute atomic E-state index is 0.0291. The Morgan fingerprint density at radius 1 is 1.30 bits per heavy atom. The van der Waals surface area contributed by atoms with Crippen molar-refractivity contribution in [2.45, 2.75) is 26.7 Å². The van der Waals surface area contributed by atoms with Crippen molar-refractivity contribution in [2.75, 3.05) is 13.2 Å². The summed E-state index contributed by atoms with van der Waals surface area (Å²) in [6.07, 6.45) is 1.39. The number of rotatable bonds is 7. The molecule has 1 unspecified atom stereocenters. The maximum Gasteiger partial charge on any atom is 0.257 e. The van der Waals surface area contributed by atoms with Crippen LogP contribution >= 0.6 is 0 Å². The Kier molecular flexibility index (Phi) is 6.58. The number of halogens is 2. The van der Waals surface area contributed by atoms with Crippen molar-refractivity contribution in [3.8, 4) is 0 Å². The highest BCUT2D eigenvalue weighted by atomic mass is 19.1. The van der Waals surface area contributed by atoms with Crippen LogP contribution in [-0.2, 0) is 0 Å². The second kappa shape index (κ2) is 7.94. The molecule has 20 heavy (non-hydrogen) atoms. The molecule has 3 nitrogen and oxygen atoms in total. The second-order valence-corrected chi connectivity index (χ2v) is 5.31. The van der Waals surface area contributed by atoms with E-state index in [2.05, 4.69) is 5.32 Å². The summed E-state index contributed by atoms with van der Waals surface area (Å²) in [5, 5.41) is 11.5. The van der Waals surface area contributed by atoms with Gasteiger partial charge in [0.25, 0.3) is 5.91 Å². The predicted molar refractivity (Wildman–Crippen MR) is 73.3 cm³/mol. The Balaban J connectivity index is 2.65. The van der Waals surface area contributed by atoms with Crippen LogP contribution in [0, 0.1) is 23.5 Å². The number of aliphatic hydroxyl groups excluding tert-OH is 1. The molecule has 1 amide bonds. The molecule has 0 aliphatic heterocycles. The zero-order chi connectivity index (χ0) is 15.1. The number of amides is 1. The van der Waals surface area contributed by atoms with Crippen molar-refractivity contribution in [1.29, 1.82) is 0 Å². The van der Waals surface area contributed by atoms with E-state index in [4.69, 9.17) is 5.11 Å². The summed E-state index contributed by atoms with van der Waals surface area (Å²) in [4.78, 5) is 11.8. The fraction of sp³-hybridized carbons (Fsp3) is 0.533. The Labute approximate surface area is 118 Å². The lowest BCUT2D eigenvalue weighted by Gasteiger charge is -2.18. The number of aliphatic hydroxyl groups is 1. The lowest BCUT2D eigenvalue weighted by atomic mass is 9.94. The van der Waals surface area contributed by atoms with Crippen LogP contribution < -0.4 is 5.32 Å². The molecule has 0 aliphatic carbocycles. The van der Waals surface area contributed by atoms with E-state index in [1.165, 1.54) is 6.07 Å². The minimum Gasteiger partial charge on any atom is -0.396 e. The Morgan fingerprint density at radius 2 is 1.90 bits per heavy atom. The minimum atomic E-state index is -0.870. The van der Waals surface area contributed by atoms with Gasteiger partial charge in [0.15, 0.2) is 0 Å². The first-order valence-electron chi connectivity index (χ1n) is 6.78. The summed E-state index contributed by atoms with van der Waals surface area (Å²) in [5.41, 5.74) is -0.556. The topological polar surface area (TPSA) is 49.3 Å². The van der Waals surface area contributed by atoms with E-state index in [1.54, 1.807) is 0 Å². The molecule has 2 N–H and O–H groups in total. The van der Waals surface area contributed by atoms with Crippen molar-refractivity contribution in [3.63, 3.8) is 0 Å². The van der Waals surface area contributed by atoms with Crippen molar-refractivity contribution in [2.24, 2.45) is 11.8 Å². The van der Waals surface area contributed by atoms with Gasteiger partial charge in [-0.15, -0.1) is 0 Å². The van der Waals surface area contributed by atoms with Crippen molar-refractivity contribution < 1.29 is 18.7 Å². The van der Waals surface area contributed by atoms with Crippen LogP contribution in [0.4, 0.5) is 8.78 Å². The van der Waals surface area contributed by atoms with Crippen LogP contribution in [0.3, 0.4) is 0 Å². The van der Waals surface area contributed by atoms with Crippen molar-refractivity contribution in [1.82, 2.24) is 5.32 Å². The molecule has 112 valence electrons. The Bertz CT molecular complexity index is 429. The highest BCUT2D eigenvalue weighted by molar-refractivity contribution is 5.94. The molecule has 0 fully saturated rings. The number of nitrogens with one attached hydrogen (secondary N) is 1. The van der Waals surface area contributed by atoms with Crippen LogP contribution in [0.2, 0.25) is 0 Å². The Morgan fingerprint density at radius 3 is 2.40 bits per heavy atom. The van der Waals surface area contributed by atoms with Gasteiger partial charge in [-0.2, -0.15) is 0 Å². The van der Waals surface area contributed by atoms with Crippen LogP contribution in [0.15, 0.2) is 18.2 Å². The molecule has 0 spiro atoms. The first-order chi connectivity index (χ1) is 9.45. The first-order valence-corrected chi connectivity index (χ1v) is 6.78. The van der Waals surface area contributed by atoms with Crippen LogP contribution in [0.25, 0.3) is 0 Å². The van der Waals surface area contributed by atoms with Gasteiger partial charge in [-0.05, 0) is 36.8 Å². The molecule has 1 aromatic rings. The van der Waals surface area contributed by atoms with Crippen LogP contribution in [0.1, 0.15) is 37.0 Å². The van der Waals surface area contributed by atoms with E-state index in [0.717, 1.165) is 18.6 Å². The molecule has 0 aromatic heterocycles. The molecule has 0 heterocycles. The zero-order valence-electron chi connectivity index (χ0n) is 11.8.